The molecule has 0 radical (unpaired) electrons. The molecule has 0 aromatic rings. The van der Waals surface area contributed by atoms with Crippen LogP contribution in [0.25, 0.3) is 0 Å². The lowest BCUT2D eigenvalue weighted by Gasteiger charge is -2.36. The maximum absolute atomic E-state index is 11.4. The van der Waals surface area contributed by atoms with Crippen LogP contribution in [0, 0.1) is 5.92 Å². The lowest BCUT2D eigenvalue weighted by Crippen LogP contribution is -2.58. The topological polar surface area (TPSA) is 95.5 Å². The monoisotopic (exact) mass is 264 g/mol. The van der Waals surface area contributed by atoms with Gasteiger partial charge in [-0.2, -0.15) is 13.1 Å². The van der Waals surface area contributed by atoms with Crippen molar-refractivity contribution in [3.05, 3.63) is 0 Å². The van der Waals surface area contributed by atoms with Crippen LogP contribution in [0.15, 0.2) is 0 Å². The van der Waals surface area contributed by atoms with Crippen LogP contribution in [-0.4, -0.2) is 32.1 Å². The van der Waals surface area contributed by atoms with E-state index in [-0.39, 0.29) is 0 Å². The predicted molar refractivity (Wildman–Crippen MR) is 63.7 cm³/mol. The first kappa shape index (κ1) is 14.4. The van der Waals surface area contributed by atoms with Crippen molar-refractivity contribution in [2.24, 2.45) is 5.92 Å². The molecule has 0 aliphatic heterocycles. The van der Waals surface area contributed by atoms with Crippen LogP contribution in [0.1, 0.15) is 39.0 Å². The molecule has 6 nitrogen and oxygen atoms in total. The van der Waals surface area contributed by atoms with Gasteiger partial charge in [-0.1, -0.05) is 13.3 Å². The molecule has 1 rings (SSSR count). The van der Waals surface area contributed by atoms with Gasteiger partial charge < -0.3 is 5.11 Å². The Morgan fingerprint density at radius 1 is 1.41 bits per heavy atom. The molecule has 3 N–H and O–H groups in total. The second kappa shape index (κ2) is 5.32. The summed E-state index contributed by atoms with van der Waals surface area (Å²) in [5.41, 5.74) is -1.34. The number of hydrogen-bond acceptors (Lipinski definition) is 3. The first-order valence-corrected chi connectivity index (χ1v) is 7.29. The highest BCUT2D eigenvalue weighted by Crippen LogP contribution is 2.34. The van der Waals surface area contributed by atoms with E-state index < -0.39 is 21.7 Å². The van der Waals surface area contributed by atoms with E-state index in [9.17, 15) is 18.3 Å². The average molecular weight is 264 g/mol. The van der Waals surface area contributed by atoms with Crippen molar-refractivity contribution in [1.82, 2.24) is 9.44 Å². The van der Waals surface area contributed by atoms with E-state index in [2.05, 4.69) is 16.4 Å². The molecule has 0 amide bonds. The van der Waals surface area contributed by atoms with E-state index in [1.165, 1.54) is 7.05 Å². The zero-order chi connectivity index (χ0) is 13.1. The molecule has 0 spiro atoms. The smallest absolute Gasteiger partial charge is 0.324 e. The lowest BCUT2D eigenvalue weighted by molar-refractivity contribution is -0.145. The number of carboxylic acid groups (broad SMARTS) is 1. The molecule has 17 heavy (non-hydrogen) atoms. The standard InChI is InChI=1S/C10H20N2O4S/c1-3-8-4-6-10(7-5-8,9(13)14)12-17(15,16)11-2/h8,11-12H,3-7H2,1-2H3,(H,13,14). The molecule has 0 atom stereocenters. The Bertz CT molecular complexity index is 372. The molecule has 0 aromatic heterocycles. The van der Waals surface area contributed by atoms with Gasteiger partial charge in [0.05, 0.1) is 0 Å². The molecule has 100 valence electrons. The average Bonchev–Trinajstić information content (AvgIpc) is 2.29. The molecule has 0 unspecified atom stereocenters. The zero-order valence-electron chi connectivity index (χ0n) is 10.2. The third kappa shape index (κ3) is 3.40. The predicted octanol–water partition coefficient (Wildman–Crippen LogP) is 0.464. The number of carbonyl (C=O) groups is 1. The van der Waals surface area contributed by atoms with Crippen LogP contribution in [0.2, 0.25) is 0 Å². The summed E-state index contributed by atoms with van der Waals surface area (Å²) in [6.07, 6.45) is 3.20. The van der Waals surface area contributed by atoms with Gasteiger partial charge in [0, 0.05) is 7.05 Å². The minimum atomic E-state index is -3.73. The Kier molecular flexibility index (Phi) is 4.51. The minimum Gasteiger partial charge on any atom is -0.480 e. The van der Waals surface area contributed by atoms with Crippen LogP contribution in [0.3, 0.4) is 0 Å². The zero-order valence-corrected chi connectivity index (χ0v) is 11.0. The third-order valence-electron chi connectivity index (χ3n) is 3.54. The third-order valence-corrected chi connectivity index (χ3v) is 4.74. The van der Waals surface area contributed by atoms with Crippen molar-refractivity contribution in [1.29, 1.82) is 0 Å². The fourth-order valence-corrected chi connectivity index (χ4v) is 3.15. The van der Waals surface area contributed by atoms with Gasteiger partial charge in [-0.3, -0.25) is 4.79 Å². The molecule has 0 heterocycles. The van der Waals surface area contributed by atoms with Crippen molar-refractivity contribution >= 4 is 16.2 Å². The number of carboxylic acids is 1. The largest absolute Gasteiger partial charge is 0.480 e. The van der Waals surface area contributed by atoms with Crippen molar-refractivity contribution in [2.75, 3.05) is 7.05 Å². The number of nitrogens with one attached hydrogen (secondary N) is 2. The number of rotatable bonds is 5. The highest BCUT2D eigenvalue weighted by atomic mass is 32.2. The van der Waals surface area contributed by atoms with Crippen LogP contribution < -0.4 is 9.44 Å². The van der Waals surface area contributed by atoms with Gasteiger partial charge in [-0.25, -0.2) is 4.72 Å². The fraction of sp³-hybridized carbons (Fsp3) is 0.900. The summed E-state index contributed by atoms with van der Waals surface area (Å²) in [5, 5.41) is 9.25. The second-order valence-corrected chi connectivity index (χ2v) is 6.17. The summed E-state index contributed by atoms with van der Waals surface area (Å²) in [6.45, 7) is 2.07. The summed E-state index contributed by atoms with van der Waals surface area (Å²) in [6, 6.07) is 0. The molecular formula is C10H20N2O4S. The van der Waals surface area contributed by atoms with E-state index in [0.717, 1.165) is 19.3 Å². The number of hydrogen-bond donors (Lipinski definition) is 3. The highest BCUT2D eigenvalue weighted by molar-refractivity contribution is 7.87. The summed E-state index contributed by atoms with van der Waals surface area (Å²) in [4.78, 5) is 11.3. The van der Waals surface area contributed by atoms with Crippen molar-refractivity contribution in [3.8, 4) is 0 Å². The molecule has 1 saturated carbocycles. The van der Waals surface area contributed by atoms with Gasteiger partial charge in [0.2, 0.25) is 0 Å². The molecule has 7 heteroatoms. The van der Waals surface area contributed by atoms with E-state index in [0.29, 0.717) is 18.8 Å². The fourth-order valence-electron chi connectivity index (χ4n) is 2.25. The van der Waals surface area contributed by atoms with Gasteiger partial charge in [0.15, 0.2) is 0 Å². The Labute approximate surface area is 102 Å². The van der Waals surface area contributed by atoms with Crippen molar-refractivity contribution in [2.45, 2.75) is 44.6 Å². The minimum absolute atomic E-state index is 0.349. The van der Waals surface area contributed by atoms with Crippen LogP contribution in [0.4, 0.5) is 0 Å². The Balaban J connectivity index is 2.83. The summed E-state index contributed by atoms with van der Waals surface area (Å²) < 4.78 is 27.2. The van der Waals surface area contributed by atoms with Gasteiger partial charge in [0.25, 0.3) is 10.2 Å². The Hall–Kier alpha value is -0.660. The SMILES string of the molecule is CCC1CCC(NS(=O)(=O)NC)(C(=O)O)CC1. The normalized spacial score (nSPS) is 30.1. The Morgan fingerprint density at radius 2 is 1.94 bits per heavy atom. The molecule has 1 aliphatic carbocycles. The van der Waals surface area contributed by atoms with E-state index in [1.54, 1.807) is 0 Å². The summed E-state index contributed by atoms with van der Waals surface area (Å²) >= 11 is 0. The van der Waals surface area contributed by atoms with Gasteiger partial charge in [-0.15, -0.1) is 0 Å². The van der Waals surface area contributed by atoms with Crippen LogP contribution >= 0.6 is 0 Å². The van der Waals surface area contributed by atoms with E-state index >= 15 is 0 Å². The molecule has 0 aromatic carbocycles. The quantitative estimate of drug-likeness (QED) is 0.672. The maximum Gasteiger partial charge on any atom is 0.324 e. The van der Waals surface area contributed by atoms with Crippen molar-refractivity contribution in [3.63, 3.8) is 0 Å². The van der Waals surface area contributed by atoms with Gasteiger partial charge in [-0.05, 0) is 31.6 Å². The Morgan fingerprint density at radius 3 is 2.29 bits per heavy atom. The van der Waals surface area contributed by atoms with Crippen LogP contribution in [-0.2, 0) is 15.0 Å². The summed E-state index contributed by atoms with van der Waals surface area (Å²) in [5.74, 6) is -0.590. The first-order valence-electron chi connectivity index (χ1n) is 5.81. The number of aliphatic carboxylic acids is 1. The van der Waals surface area contributed by atoms with Crippen LogP contribution in [0.5, 0.6) is 0 Å². The van der Waals surface area contributed by atoms with Gasteiger partial charge >= 0.3 is 5.97 Å². The van der Waals surface area contributed by atoms with E-state index in [1.807, 2.05) is 0 Å². The molecule has 1 aliphatic rings. The van der Waals surface area contributed by atoms with Crippen molar-refractivity contribution < 1.29 is 18.3 Å². The summed E-state index contributed by atoms with van der Waals surface area (Å²) in [7, 11) is -2.47. The molecule has 1 fully saturated rings. The molecular weight excluding hydrogens is 244 g/mol. The first-order chi connectivity index (χ1) is 7.85. The lowest BCUT2D eigenvalue weighted by atomic mass is 9.76. The molecule has 0 bridgehead atoms. The second-order valence-electron chi connectivity index (χ2n) is 4.55. The van der Waals surface area contributed by atoms with Gasteiger partial charge in [0.1, 0.15) is 5.54 Å². The highest BCUT2D eigenvalue weighted by Gasteiger charge is 2.44. The maximum atomic E-state index is 11.4. The van der Waals surface area contributed by atoms with E-state index in [4.69, 9.17) is 0 Å². The molecule has 0 saturated heterocycles.